The standard InChI is InChI=1S/C19H14N2O4S/c22-15-6-10(21-18-17(15)20-9-26-18)8-24-11-4-5-13-12-2-1-3-14(12)19(23)25-16(13)7-11/h4-7,9,17H,1-3,8H2/t17-/m0/s1. The molecular formula is C19H14N2O4S. The number of benzene rings is 1. The Hall–Kier alpha value is -2.67. The van der Waals surface area contributed by atoms with Gasteiger partial charge in [-0.3, -0.25) is 9.79 Å². The van der Waals surface area contributed by atoms with Gasteiger partial charge >= 0.3 is 5.63 Å². The molecule has 6 nitrogen and oxygen atoms in total. The Labute approximate surface area is 152 Å². The number of aliphatic imine (C=N–C) groups is 2. The van der Waals surface area contributed by atoms with Crippen molar-refractivity contribution in [3.63, 3.8) is 0 Å². The average Bonchev–Trinajstić information content (AvgIpc) is 3.29. The maximum atomic E-state index is 12.1. The molecule has 0 unspecified atom stereocenters. The molecular weight excluding hydrogens is 352 g/mol. The van der Waals surface area contributed by atoms with Crippen molar-refractivity contribution in [3.05, 3.63) is 51.5 Å². The van der Waals surface area contributed by atoms with Crippen molar-refractivity contribution in [2.75, 3.05) is 6.61 Å². The van der Waals surface area contributed by atoms with E-state index >= 15 is 0 Å². The molecule has 0 fully saturated rings. The lowest BCUT2D eigenvalue weighted by Gasteiger charge is -2.14. The van der Waals surface area contributed by atoms with E-state index in [4.69, 9.17) is 9.15 Å². The van der Waals surface area contributed by atoms with Crippen molar-refractivity contribution in [3.8, 4) is 5.75 Å². The molecule has 1 aliphatic carbocycles. The number of rotatable bonds is 3. The Bertz CT molecular complexity index is 1100. The SMILES string of the molecule is O=C1C=C(COc2ccc3c4c(c(=O)oc3c2)CCC4)N=C2SC=N[C@@H]12. The lowest BCUT2D eigenvalue weighted by atomic mass is 10.1. The van der Waals surface area contributed by atoms with E-state index in [0.29, 0.717) is 22.1 Å². The molecule has 0 radical (unpaired) electrons. The van der Waals surface area contributed by atoms with Gasteiger partial charge in [-0.05, 0) is 37.0 Å². The van der Waals surface area contributed by atoms with Gasteiger partial charge in [-0.25, -0.2) is 9.79 Å². The second kappa shape index (κ2) is 5.95. The molecule has 1 aromatic carbocycles. The van der Waals surface area contributed by atoms with Crippen molar-refractivity contribution in [1.29, 1.82) is 0 Å². The highest BCUT2D eigenvalue weighted by molar-refractivity contribution is 8.25. The van der Waals surface area contributed by atoms with Gasteiger partial charge in [0.15, 0.2) is 11.8 Å². The fourth-order valence-electron chi connectivity index (χ4n) is 3.56. The van der Waals surface area contributed by atoms with Crippen molar-refractivity contribution < 1.29 is 13.9 Å². The summed E-state index contributed by atoms with van der Waals surface area (Å²) < 4.78 is 11.2. The Morgan fingerprint density at radius 3 is 3.04 bits per heavy atom. The molecule has 0 N–H and O–H groups in total. The molecule has 26 heavy (non-hydrogen) atoms. The number of hydrogen-bond donors (Lipinski definition) is 0. The second-order valence-corrected chi connectivity index (χ2v) is 7.27. The van der Waals surface area contributed by atoms with Crippen LogP contribution in [0.5, 0.6) is 5.75 Å². The predicted molar refractivity (Wildman–Crippen MR) is 100 cm³/mol. The molecule has 3 aliphatic rings. The Kier molecular flexibility index (Phi) is 3.56. The van der Waals surface area contributed by atoms with Gasteiger partial charge in [0, 0.05) is 23.1 Å². The molecule has 130 valence electrons. The van der Waals surface area contributed by atoms with Gasteiger partial charge in [-0.1, -0.05) is 11.8 Å². The van der Waals surface area contributed by atoms with Gasteiger partial charge in [-0.15, -0.1) is 0 Å². The van der Waals surface area contributed by atoms with Crippen molar-refractivity contribution in [2.24, 2.45) is 9.98 Å². The minimum absolute atomic E-state index is 0.0741. The van der Waals surface area contributed by atoms with Gasteiger partial charge in [0.1, 0.15) is 23.0 Å². The number of ether oxygens (including phenoxy) is 1. The third-order valence-corrected chi connectivity index (χ3v) is 5.56. The topological polar surface area (TPSA) is 81.2 Å². The molecule has 3 heterocycles. The Morgan fingerprint density at radius 1 is 1.23 bits per heavy atom. The van der Waals surface area contributed by atoms with E-state index in [-0.39, 0.29) is 18.0 Å². The monoisotopic (exact) mass is 366 g/mol. The van der Waals surface area contributed by atoms with Crippen molar-refractivity contribution >= 4 is 39.1 Å². The van der Waals surface area contributed by atoms with Crippen LogP contribution in [0, 0.1) is 0 Å². The van der Waals surface area contributed by atoms with Crippen LogP contribution in [0.4, 0.5) is 0 Å². The molecule has 2 aromatic rings. The zero-order chi connectivity index (χ0) is 17.7. The lowest BCUT2D eigenvalue weighted by Crippen LogP contribution is -2.26. The number of carbonyl (C=O) groups is 1. The van der Waals surface area contributed by atoms with Crippen LogP contribution in [0.2, 0.25) is 0 Å². The molecule has 5 rings (SSSR count). The first-order valence-corrected chi connectivity index (χ1v) is 9.30. The third-order valence-electron chi connectivity index (χ3n) is 4.78. The first-order chi connectivity index (χ1) is 12.7. The van der Waals surface area contributed by atoms with Gasteiger partial charge in [0.2, 0.25) is 0 Å². The summed E-state index contributed by atoms with van der Waals surface area (Å²) in [7, 11) is 0. The molecule has 2 aliphatic heterocycles. The number of fused-ring (bicyclic) bond motifs is 4. The van der Waals surface area contributed by atoms with Crippen LogP contribution < -0.4 is 10.4 Å². The molecule has 0 spiro atoms. The highest BCUT2D eigenvalue weighted by Crippen LogP contribution is 2.30. The Balaban J connectivity index is 1.40. The smallest absolute Gasteiger partial charge is 0.339 e. The summed E-state index contributed by atoms with van der Waals surface area (Å²) in [6, 6.07) is 5.04. The normalized spacial score (nSPS) is 20.8. The molecule has 0 amide bonds. The summed E-state index contributed by atoms with van der Waals surface area (Å²) in [6.45, 7) is 0.170. The number of nitrogens with zero attached hydrogens (tertiary/aromatic N) is 2. The maximum Gasteiger partial charge on any atom is 0.339 e. The molecule has 1 aromatic heterocycles. The molecule has 0 saturated heterocycles. The third kappa shape index (κ3) is 2.50. The summed E-state index contributed by atoms with van der Waals surface area (Å²) >= 11 is 1.36. The van der Waals surface area contributed by atoms with Crippen molar-refractivity contribution in [1.82, 2.24) is 0 Å². The van der Waals surface area contributed by atoms with E-state index in [1.165, 1.54) is 17.8 Å². The summed E-state index contributed by atoms with van der Waals surface area (Å²) in [5, 5.41) is 1.66. The minimum atomic E-state index is -0.471. The van der Waals surface area contributed by atoms with Crippen molar-refractivity contribution in [2.45, 2.75) is 25.3 Å². The maximum absolute atomic E-state index is 12.1. The summed E-state index contributed by atoms with van der Waals surface area (Å²) in [5.74, 6) is 0.500. The average molecular weight is 366 g/mol. The molecule has 0 saturated carbocycles. The predicted octanol–water partition coefficient (Wildman–Crippen LogP) is 2.67. The van der Waals surface area contributed by atoms with Crippen LogP contribution >= 0.6 is 11.8 Å². The zero-order valence-corrected chi connectivity index (χ0v) is 14.5. The van der Waals surface area contributed by atoms with Crippen LogP contribution in [0.3, 0.4) is 0 Å². The fraction of sp³-hybridized carbons (Fsp3) is 0.263. The summed E-state index contributed by atoms with van der Waals surface area (Å²) in [4.78, 5) is 32.6. The number of hydrogen-bond acceptors (Lipinski definition) is 7. The van der Waals surface area contributed by atoms with Crippen LogP contribution in [0.15, 0.2) is 49.2 Å². The van der Waals surface area contributed by atoms with E-state index in [1.807, 2.05) is 12.1 Å². The number of carbonyl (C=O) groups excluding carboxylic acids is 1. The Morgan fingerprint density at radius 2 is 2.12 bits per heavy atom. The lowest BCUT2D eigenvalue weighted by molar-refractivity contribution is -0.114. The molecule has 0 bridgehead atoms. The first-order valence-electron chi connectivity index (χ1n) is 8.42. The molecule has 1 atom stereocenters. The minimum Gasteiger partial charge on any atom is -0.487 e. The van der Waals surface area contributed by atoms with E-state index in [9.17, 15) is 9.59 Å². The van der Waals surface area contributed by atoms with Crippen LogP contribution in [0.25, 0.3) is 11.0 Å². The highest BCUT2D eigenvalue weighted by Gasteiger charge is 2.30. The number of aryl methyl sites for hydroxylation is 1. The first kappa shape index (κ1) is 15.6. The fourth-order valence-corrected chi connectivity index (χ4v) is 4.32. The van der Waals surface area contributed by atoms with Gasteiger partial charge in [0.25, 0.3) is 0 Å². The zero-order valence-electron chi connectivity index (χ0n) is 13.7. The van der Waals surface area contributed by atoms with Crippen LogP contribution in [-0.2, 0) is 17.6 Å². The van der Waals surface area contributed by atoms with E-state index < -0.39 is 6.04 Å². The largest absolute Gasteiger partial charge is 0.487 e. The van der Waals surface area contributed by atoms with E-state index in [1.54, 1.807) is 11.6 Å². The van der Waals surface area contributed by atoms with E-state index in [2.05, 4.69) is 9.98 Å². The van der Waals surface area contributed by atoms with Crippen LogP contribution in [0.1, 0.15) is 17.5 Å². The highest BCUT2D eigenvalue weighted by atomic mass is 32.2. The van der Waals surface area contributed by atoms with E-state index in [0.717, 1.165) is 35.8 Å². The number of ketones is 1. The van der Waals surface area contributed by atoms with Gasteiger partial charge in [-0.2, -0.15) is 0 Å². The quantitative estimate of drug-likeness (QED) is 0.780. The summed E-state index contributed by atoms with van der Waals surface area (Å²) in [6.07, 6.45) is 4.16. The summed E-state index contributed by atoms with van der Waals surface area (Å²) in [5.41, 5.74) is 4.39. The second-order valence-electron chi connectivity index (χ2n) is 6.41. The van der Waals surface area contributed by atoms with Gasteiger partial charge in [0.05, 0.1) is 11.2 Å². The van der Waals surface area contributed by atoms with Gasteiger partial charge < -0.3 is 9.15 Å². The number of thioether (sulfide) groups is 1. The van der Waals surface area contributed by atoms with Crippen LogP contribution in [-0.4, -0.2) is 29.0 Å². The molecule has 7 heteroatoms.